The van der Waals surface area contributed by atoms with Crippen LogP contribution in [-0.2, 0) is 0 Å². The Morgan fingerprint density at radius 3 is 2.67 bits per heavy atom. The van der Waals surface area contributed by atoms with Crippen LogP contribution >= 0.6 is 0 Å². The minimum Gasteiger partial charge on any atom is -0.378 e. The monoisotopic (exact) mass is 283 g/mol. The molecular formula is C16H21N5. The van der Waals surface area contributed by atoms with Gasteiger partial charge in [0.25, 0.3) is 0 Å². The fourth-order valence-corrected chi connectivity index (χ4v) is 2.78. The molecule has 0 saturated carbocycles. The van der Waals surface area contributed by atoms with Gasteiger partial charge in [-0.1, -0.05) is 0 Å². The Morgan fingerprint density at radius 2 is 1.95 bits per heavy atom. The van der Waals surface area contributed by atoms with Crippen molar-refractivity contribution in [3.63, 3.8) is 0 Å². The fourth-order valence-electron chi connectivity index (χ4n) is 2.78. The zero-order valence-electron chi connectivity index (χ0n) is 12.8. The van der Waals surface area contributed by atoms with E-state index >= 15 is 0 Å². The van der Waals surface area contributed by atoms with Crippen molar-refractivity contribution in [2.75, 3.05) is 37.0 Å². The van der Waals surface area contributed by atoms with E-state index in [0.717, 1.165) is 31.2 Å². The van der Waals surface area contributed by atoms with Crippen LogP contribution < -0.4 is 9.80 Å². The first-order valence-corrected chi connectivity index (χ1v) is 7.31. The van der Waals surface area contributed by atoms with Gasteiger partial charge < -0.3 is 9.80 Å². The molecule has 0 bridgehead atoms. The number of hydrogen-bond acceptors (Lipinski definition) is 5. The first-order chi connectivity index (χ1) is 10.1. The van der Waals surface area contributed by atoms with Gasteiger partial charge >= 0.3 is 0 Å². The van der Waals surface area contributed by atoms with E-state index < -0.39 is 0 Å². The SMILES string of the molecule is Cc1cc(N(C)C)cc([C@@H]2CCN(c3ncccn3)C2)n1. The molecule has 1 atom stereocenters. The van der Waals surface area contributed by atoms with Crippen LogP contribution in [0.25, 0.3) is 0 Å². The average molecular weight is 283 g/mol. The molecule has 1 aliphatic heterocycles. The Labute approximate surface area is 125 Å². The van der Waals surface area contributed by atoms with Crippen molar-refractivity contribution < 1.29 is 0 Å². The van der Waals surface area contributed by atoms with Crippen LogP contribution in [0.15, 0.2) is 30.6 Å². The van der Waals surface area contributed by atoms with Crippen LogP contribution in [0.1, 0.15) is 23.7 Å². The summed E-state index contributed by atoms with van der Waals surface area (Å²) in [5.74, 6) is 1.27. The quantitative estimate of drug-likeness (QED) is 0.864. The van der Waals surface area contributed by atoms with E-state index in [0.29, 0.717) is 5.92 Å². The predicted molar refractivity (Wildman–Crippen MR) is 84.9 cm³/mol. The average Bonchev–Trinajstić information content (AvgIpc) is 2.97. The van der Waals surface area contributed by atoms with Crippen LogP contribution in [0.2, 0.25) is 0 Å². The Hall–Kier alpha value is -2.17. The Morgan fingerprint density at radius 1 is 1.19 bits per heavy atom. The van der Waals surface area contributed by atoms with Gasteiger partial charge in [0.05, 0.1) is 0 Å². The van der Waals surface area contributed by atoms with E-state index in [1.54, 1.807) is 12.4 Å². The second-order valence-corrected chi connectivity index (χ2v) is 5.77. The Bertz CT molecular complexity index is 611. The van der Waals surface area contributed by atoms with E-state index in [2.05, 4.69) is 52.9 Å². The number of nitrogens with zero attached hydrogens (tertiary/aromatic N) is 5. The maximum atomic E-state index is 4.73. The zero-order chi connectivity index (χ0) is 14.8. The third-order valence-corrected chi connectivity index (χ3v) is 3.92. The molecule has 5 nitrogen and oxygen atoms in total. The van der Waals surface area contributed by atoms with Crippen LogP contribution in [0.3, 0.4) is 0 Å². The second kappa shape index (κ2) is 5.68. The highest BCUT2D eigenvalue weighted by Crippen LogP contribution is 2.30. The highest BCUT2D eigenvalue weighted by molar-refractivity contribution is 5.48. The molecule has 0 aliphatic carbocycles. The van der Waals surface area contributed by atoms with E-state index in [1.165, 1.54) is 11.4 Å². The van der Waals surface area contributed by atoms with Gasteiger partial charge in [0.1, 0.15) is 0 Å². The number of aromatic nitrogens is 3. The lowest BCUT2D eigenvalue weighted by molar-refractivity contribution is 0.738. The number of pyridine rings is 1. The summed E-state index contributed by atoms with van der Waals surface area (Å²) in [4.78, 5) is 17.8. The van der Waals surface area contributed by atoms with Gasteiger partial charge in [0, 0.05) is 62.6 Å². The molecule has 0 N–H and O–H groups in total. The number of rotatable bonds is 3. The molecule has 2 aromatic heterocycles. The largest absolute Gasteiger partial charge is 0.378 e. The van der Waals surface area contributed by atoms with Gasteiger partial charge in [0.15, 0.2) is 0 Å². The molecule has 3 rings (SSSR count). The third-order valence-electron chi connectivity index (χ3n) is 3.92. The molecular weight excluding hydrogens is 262 g/mol. The van der Waals surface area contributed by atoms with Crippen molar-refractivity contribution in [1.82, 2.24) is 15.0 Å². The third kappa shape index (κ3) is 2.96. The van der Waals surface area contributed by atoms with Gasteiger partial charge in [-0.25, -0.2) is 9.97 Å². The number of aryl methyl sites for hydroxylation is 1. The lowest BCUT2D eigenvalue weighted by Gasteiger charge is -2.18. The summed E-state index contributed by atoms with van der Waals surface area (Å²) in [6.07, 6.45) is 4.69. The summed E-state index contributed by atoms with van der Waals surface area (Å²) in [7, 11) is 4.13. The maximum Gasteiger partial charge on any atom is 0.225 e. The lowest BCUT2D eigenvalue weighted by Crippen LogP contribution is -2.21. The fraction of sp³-hybridized carbons (Fsp3) is 0.438. The summed E-state index contributed by atoms with van der Waals surface area (Å²) < 4.78 is 0. The van der Waals surface area contributed by atoms with Crippen molar-refractivity contribution in [2.24, 2.45) is 0 Å². The summed E-state index contributed by atoms with van der Waals surface area (Å²) in [5, 5.41) is 0. The predicted octanol–water partition coefficient (Wildman–Crippen LogP) is 2.24. The van der Waals surface area contributed by atoms with Crippen molar-refractivity contribution in [2.45, 2.75) is 19.3 Å². The van der Waals surface area contributed by atoms with Gasteiger partial charge in [-0.3, -0.25) is 4.98 Å². The molecule has 110 valence electrons. The molecule has 0 amide bonds. The van der Waals surface area contributed by atoms with Crippen LogP contribution in [0.4, 0.5) is 11.6 Å². The highest BCUT2D eigenvalue weighted by Gasteiger charge is 2.26. The molecule has 0 spiro atoms. The summed E-state index contributed by atoms with van der Waals surface area (Å²) >= 11 is 0. The van der Waals surface area contributed by atoms with Crippen LogP contribution in [-0.4, -0.2) is 42.1 Å². The molecule has 0 aromatic carbocycles. The van der Waals surface area contributed by atoms with Crippen molar-refractivity contribution >= 4 is 11.6 Å². The number of hydrogen-bond donors (Lipinski definition) is 0. The normalized spacial score (nSPS) is 18.0. The summed E-state index contributed by atoms with van der Waals surface area (Å²) in [6, 6.07) is 6.17. The van der Waals surface area contributed by atoms with E-state index in [4.69, 9.17) is 4.98 Å². The minimum atomic E-state index is 0.451. The van der Waals surface area contributed by atoms with Gasteiger partial charge in [-0.15, -0.1) is 0 Å². The maximum absolute atomic E-state index is 4.73. The first-order valence-electron chi connectivity index (χ1n) is 7.31. The van der Waals surface area contributed by atoms with Crippen molar-refractivity contribution in [3.05, 3.63) is 42.0 Å². The molecule has 5 heteroatoms. The Balaban J connectivity index is 1.80. The molecule has 1 fully saturated rings. The molecule has 1 saturated heterocycles. The minimum absolute atomic E-state index is 0.451. The molecule has 1 aliphatic rings. The van der Waals surface area contributed by atoms with Crippen molar-refractivity contribution in [1.29, 1.82) is 0 Å². The lowest BCUT2D eigenvalue weighted by atomic mass is 10.0. The smallest absolute Gasteiger partial charge is 0.225 e. The first kappa shape index (κ1) is 13.8. The molecule has 2 aromatic rings. The molecule has 0 radical (unpaired) electrons. The van der Waals surface area contributed by atoms with E-state index in [9.17, 15) is 0 Å². The van der Waals surface area contributed by atoms with Gasteiger partial charge in [-0.2, -0.15) is 0 Å². The second-order valence-electron chi connectivity index (χ2n) is 5.77. The molecule has 21 heavy (non-hydrogen) atoms. The van der Waals surface area contributed by atoms with Gasteiger partial charge in [-0.05, 0) is 31.5 Å². The molecule has 3 heterocycles. The van der Waals surface area contributed by atoms with Crippen molar-refractivity contribution in [3.8, 4) is 0 Å². The van der Waals surface area contributed by atoms with E-state index in [1.807, 2.05) is 6.07 Å². The molecule has 0 unspecified atom stereocenters. The zero-order valence-corrected chi connectivity index (χ0v) is 12.8. The number of anilines is 2. The van der Waals surface area contributed by atoms with Crippen LogP contribution in [0.5, 0.6) is 0 Å². The summed E-state index contributed by atoms with van der Waals surface area (Å²) in [6.45, 7) is 3.98. The topological polar surface area (TPSA) is 45.2 Å². The van der Waals surface area contributed by atoms with Gasteiger partial charge in [0.2, 0.25) is 5.95 Å². The highest BCUT2D eigenvalue weighted by atomic mass is 15.3. The summed E-state index contributed by atoms with van der Waals surface area (Å²) in [5.41, 5.74) is 3.47. The Kier molecular flexibility index (Phi) is 3.73. The van der Waals surface area contributed by atoms with E-state index in [-0.39, 0.29) is 0 Å². The van der Waals surface area contributed by atoms with Crippen LogP contribution in [0, 0.1) is 6.92 Å². The standard InChI is InChI=1S/C16H21N5/c1-12-9-14(20(2)3)10-15(19-12)13-5-8-21(11-13)16-17-6-4-7-18-16/h4,6-7,9-10,13H,5,8,11H2,1-3H3/t13-/m1/s1.